The molecule has 0 fully saturated rings. The summed E-state index contributed by atoms with van der Waals surface area (Å²) in [6.45, 7) is 1.53. The standard InChI is InChI=1S/C7H11N3O4S2/c1-3-14-6(11)4-10(2)16(12,13)7-9-8-5-15-7/h5H,3-4H2,1-2H3. The van der Waals surface area contributed by atoms with Crippen molar-refractivity contribution in [3.63, 3.8) is 0 Å². The number of aromatic nitrogens is 2. The van der Waals surface area contributed by atoms with E-state index in [2.05, 4.69) is 14.9 Å². The van der Waals surface area contributed by atoms with Crippen LogP contribution >= 0.6 is 11.3 Å². The summed E-state index contributed by atoms with van der Waals surface area (Å²) in [4.78, 5) is 11.1. The Hall–Kier alpha value is -1.06. The number of hydrogen-bond acceptors (Lipinski definition) is 7. The lowest BCUT2D eigenvalue weighted by atomic mass is 10.6. The Bertz CT molecular complexity index is 442. The number of carbonyl (C=O) groups is 1. The van der Waals surface area contributed by atoms with E-state index in [9.17, 15) is 13.2 Å². The lowest BCUT2D eigenvalue weighted by molar-refractivity contribution is -0.143. The first-order valence-electron chi connectivity index (χ1n) is 4.36. The summed E-state index contributed by atoms with van der Waals surface area (Å²) in [7, 11) is -2.45. The van der Waals surface area contributed by atoms with Gasteiger partial charge in [-0.05, 0) is 6.92 Å². The third kappa shape index (κ3) is 2.97. The molecule has 0 amide bonds. The fourth-order valence-corrected chi connectivity index (χ4v) is 2.85. The highest BCUT2D eigenvalue weighted by atomic mass is 32.2. The van der Waals surface area contributed by atoms with Crippen LogP contribution in [0.2, 0.25) is 0 Å². The van der Waals surface area contributed by atoms with Gasteiger partial charge in [0.15, 0.2) is 0 Å². The van der Waals surface area contributed by atoms with Crippen LogP contribution in [0.15, 0.2) is 9.85 Å². The largest absolute Gasteiger partial charge is 0.465 e. The third-order valence-electron chi connectivity index (χ3n) is 1.63. The number of ether oxygens (including phenoxy) is 1. The van der Waals surface area contributed by atoms with Crippen molar-refractivity contribution in [2.75, 3.05) is 20.2 Å². The first kappa shape index (κ1) is 13.0. The Morgan fingerprint density at radius 3 is 2.81 bits per heavy atom. The molecular formula is C7H11N3O4S2. The fraction of sp³-hybridized carbons (Fsp3) is 0.571. The molecule has 7 nitrogen and oxygen atoms in total. The van der Waals surface area contributed by atoms with Crippen LogP contribution in [-0.2, 0) is 19.6 Å². The van der Waals surface area contributed by atoms with Gasteiger partial charge in [-0.15, -0.1) is 10.2 Å². The number of likely N-dealkylation sites (N-methyl/N-ethyl adjacent to an activating group) is 1. The van der Waals surface area contributed by atoms with E-state index in [-0.39, 0.29) is 17.5 Å². The molecule has 0 bridgehead atoms. The van der Waals surface area contributed by atoms with Gasteiger partial charge in [0.05, 0.1) is 6.61 Å². The highest BCUT2D eigenvalue weighted by molar-refractivity contribution is 7.91. The van der Waals surface area contributed by atoms with Crippen molar-refractivity contribution in [3.8, 4) is 0 Å². The van der Waals surface area contributed by atoms with Gasteiger partial charge >= 0.3 is 5.97 Å². The smallest absolute Gasteiger partial charge is 0.321 e. The van der Waals surface area contributed by atoms with Crippen LogP contribution in [-0.4, -0.2) is 49.1 Å². The SMILES string of the molecule is CCOC(=O)CN(C)S(=O)(=O)c1nncs1. The lowest BCUT2D eigenvalue weighted by Gasteiger charge is -2.13. The molecule has 0 spiro atoms. The van der Waals surface area contributed by atoms with Gasteiger partial charge in [-0.3, -0.25) is 4.79 Å². The van der Waals surface area contributed by atoms with E-state index in [1.54, 1.807) is 6.92 Å². The minimum atomic E-state index is -3.73. The number of nitrogens with zero attached hydrogens (tertiary/aromatic N) is 3. The van der Waals surface area contributed by atoms with Gasteiger partial charge in [-0.25, -0.2) is 8.42 Å². The molecule has 0 atom stereocenters. The fourth-order valence-electron chi connectivity index (χ4n) is 0.882. The minimum Gasteiger partial charge on any atom is -0.465 e. The summed E-state index contributed by atoms with van der Waals surface area (Å²) in [5.74, 6) is -0.599. The number of rotatable bonds is 5. The molecule has 0 saturated carbocycles. The van der Waals surface area contributed by atoms with Gasteiger partial charge in [0.1, 0.15) is 12.1 Å². The third-order valence-corrected chi connectivity index (χ3v) is 4.50. The summed E-state index contributed by atoms with van der Waals surface area (Å²) in [5, 5.41) is 6.88. The molecule has 0 unspecified atom stereocenters. The van der Waals surface area contributed by atoms with Crippen molar-refractivity contribution in [2.24, 2.45) is 0 Å². The zero-order chi connectivity index (χ0) is 12.2. The van der Waals surface area contributed by atoms with E-state index < -0.39 is 16.0 Å². The van der Waals surface area contributed by atoms with Crippen molar-refractivity contribution in [1.29, 1.82) is 0 Å². The van der Waals surface area contributed by atoms with Crippen molar-refractivity contribution >= 4 is 27.3 Å². The number of sulfonamides is 1. The molecule has 90 valence electrons. The van der Waals surface area contributed by atoms with Crippen LogP contribution in [0.3, 0.4) is 0 Å². The Kier molecular flexibility index (Phi) is 4.33. The Morgan fingerprint density at radius 2 is 2.31 bits per heavy atom. The molecule has 9 heteroatoms. The molecule has 0 aliphatic carbocycles. The topological polar surface area (TPSA) is 89.5 Å². The lowest BCUT2D eigenvalue weighted by Crippen LogP contribution is -2.33. The van der Waals surface area contributed by atoms with E-state index in [1.807, 2.05) is 0 Å². The molecule has 1 aromatic heterocycles. The second-order valence-corrected chi connectivity index (χ2v) is 5.82. The number of esters is 1. The summed E-state index contributed by atoms with van der Waals surface area (Å²) >= 11 is 0.895. The summed E-state index contributed by atoms with van der Waals surface area (Å²) in [6.07, 6.45) is 0. The second-order valence-electron chi connectivity index (χ2n) is 2.77. The molecule has 1 heterocycles. The van der Waals surface area contributed by atoms with Gasteiger partial charge < -0.3 is 4.74 Å². The van der Waals surface area contributed by atoms with Crippen molar-refractivity contribution in [1.82, 2.24) is 14.5 Å². The molecule has 0 aromatic carbocycles. The molecule has 1 aromatic rings. The van der Waals surface area contributed by atoms with Gasteiger partial charge in [0, 0.05) is 7.05 Å². The highest BCUT2D eigenvalue weighted by Gasteiger charge is 2.26. The molecule has 0 aliphatic rings. The van der Waals surface area contributed by atoms with Gasteiger partial charge in [-0.2, -0.15) is 4.31 Å². The first-order chi connectivity index (χ1) is 7.48. The molecule has 0 aliphatic heterocycles. The molecule has 16 heavy (non-hydrogen) atoms. The minimum absolute atomic E-state index is 0.140. The predicted molar refractivity (Wildman–Crippen MR) is 56.4 cm³/mol. The van der Waals surface area contributed by atoms with Crippen LogP contribution in [0, 0.1) is 0 Å². The normalized spacial score (nSPS) is 11.7. The number of hydrogen-bond donors (Lipinski definition) is 0. The van der Waals surface area contributed by atoms with Crippen LogP contribution in [0.4, 0.5) is 0 Å². The van der Waals surface area contributed by atoms with E-state index >= 15 is 0 Å². The van der Waals surface area contributed by atoms with Crippen LogP contribution < -0.4 is 0 Å². The zero-order valence-electron chi connectivity index (χ0n) is 8.78. The predicted octanol–water partition coefficient (Wildman–Crippen LogP) is -0.278. The Morgan fingerprint density at radius 1 is 1.62 bits per heavy atom. The van der Waals surface area contributed by atoms with Crippen molar-refractivity contribution in [2.45, 2.75) is 11.3 Å². The average molecular weight is 265 g/mol. The monoisotopic (exact) mass is 265 g/mol. The maximum Gasteiger partial charge on any atom is 0.321 e. The van der Waals surface area contributed by atoms with Gasteiger partial charge in [0.25, 0.3) is 10.0 Å². The molecular weight excluding hydrogens is 254 g/mol. The zero-order valence-corrected chi connectivity index (χ0v) is 10.4. The van der Waals surface area contributed by atoms with E-state index in [4.69, 9.17) is 0 Å². The maximum atomic E-state index is 11.8. The summed E-state index contributed by atoms with van der Waals surface area (Å²) in [5.41, 5.74) is 1.31. The Labute approximate surface area is 97.1 Å². The quantitative estimate of drug-likeness (QED) is 0.680. The molecule has 0 N–H and O–H groups in total. The second kappa shape index (κ2) is 5.32. The first-order valence-corrected chi connectivity index (χ1v) is 6.68. The Balaban J connectivity index is 2.74. The highest BCUT2D eigenvalue weighted by Crippen LogP contribution is 2.14. The van der Waals surface area contributed by atoms with Crippen LogP contribution in [0.1, 0.15) is 6.92 Å². The summed E-state index contributed by atoms with van der Waals surface area (Å²) < 4.78 is 28.9. The summed E-state index contributed by atoms with van der Waals surface area (Å²) in [6, 6.07) is 0. The van der Waals surface area contributed by atoms with Crippen LogP contribution in [0.5, 0.6) is 0 Å². The van der Waals surface area contributed by atoms with Crippen molar-refractivity contribution < 1.29 is 17.9 Å². The van der Waals surface area contributed by atoms with Crippen LogP contribution in [0.25, 0.3) is 0 Å². The van der Waals surface area contributed by atoms with Gasteiger partial charge in [0.2, 0.25) is 4.34 Å². The van der Waals surface area contributed by atoms with Gasteiger partial charge in [-0.1, -0.05) is 11.3 Å². The average Bonchev–Trinajstić information content (AvgIpc) is 2.70. The van der Waals surface area contributed by atoms with E-state index in [1.165, 1.54) is 12.6 Å². The molecule has 0 saturated heterocycles. The maximum absolute atomic E-state index is 11.8. The van der Waals surface area contributed by atoms with E-state index in [0.29, 0.717) is 0 Å². The molecule has 0 radical (unpaired) electrons. The van der Waals surface area contributed by atoms with E-state index in [0.717, 1.165) is 15.6 Å². The molecule has 1 rings (SSSR count). The number of carbonyl (C=O) groups excluding carboxylic acids is 1. The van der Waals surface area contributed by atoms with Crippen molar-refractivity contribution in [3.05, 3.63) is 5.51 Å².